The Morgan fingerprint density at radius 3 is 1.14 bits per heavy atom. The Hall–Kier alpha value is -5.89. The van der Waals surface area contributed by atoms with Crippen LogP contribution in [0.15, 0.2) is 121 Å². The van der Waals surface area contributed by atoms with Crippen molar-refractivity contribution in [3.8, 4) is 39.9 Å². The van der Waals surface area contributed by atoms with Gasteiger partial charge in [-0.1, -0.05) is 166 Å². The maximum Gasteiger partial charge on any atom is 0.343 e. The molecule has 0 N–H and O–H groups in total. The molecule has 0 aliphatic carbocycles. The summed E-state index contributed by atoms with van der Waals surface area (Å²) in [6.45, 7) is 5.77. The summed E-state index contributed by atoms with van der Waals surface area (Å²) in [6, 6.07) is 34.6. The van der Waals surface area contributed by atoms with Gasteiger partial charge in [0.2, 0.25) is 0 Å². The number of carbonyl (C=O) groups excluding carboxylic acids is 3. The molecule has 0 aliphatic heterocycles. The predicted molar refractivity (Wildman–Crippen MR) is 261 cm³/mol. The van der Waals surface area contributed by atoms with Gasteiger partial charge in [-0.15, -0.1) is 0 Å². The van der Waals surface area contributed by atoms with Crippen molar-refractivity contribution >= 4 is 17.9 Å². The minimum atomic E-state index is -0.678. The van der Waals surface area contributed by atoms with Gasteiger partial charge in [0.15, 0.2) is 11.5 Å². The van der Waals surface area contributed by atoms with Crippen molar-refractivity contribution in [2.45, 2.75) is 142 Å². The average Bonchev–Trinajstić information content (AvgIpc) is 3.33. The molecule has 5 aromatic carbocycles. The first-order valence-corrected chi connectivity index (χ1v) is 24.3. The molecule has 0 aromatic heterocycles. The smallest absolute Gasteiger partial charge is 0.343 e. The van der Waals surface area contributed by atoms with Gasteiger partial charge in [0, 0.05) is 0 Å². The van der Waals surface area contributed by atoms with Crippen LogP contribution in [-0.2, 0) is 0 Å². The second-order valence-corrected chi connectivity index (χ2v) is 16.8. The minimum absolute atomic E-state index is 0.0765. The maximum atomic E-state index is 13.5. The predicted octanol–water partition coefficient (Wildman–Crippen LogP) is 15.6. The van der Waals surface area contributed by atoms with E-state index in [1.165, 1.54) is 127 Å². The quantitative estimate of drug-likeness (QED) is 0.0247. The minimum Gasteiger partial charge on any atom is -0.494 e. The van der Waals surface area contributed by atoms with Crippen LogP contribution in [0, 0.1) is 0 Å². The molecule has 0 atom stereocenters. The summed E-state index contributed by atoms with van der Waals surface area (Å²) >= 11 is 0. The van der Waals surface area contributed by atoms with Crippen LogP contribution < -0.4 is 23.7 Å². The van der Waals surface area contributed by atoms with E-state index in [-0.39, 0.29) is 22.8 Å². The van der Waals surface area contributed by atoms with E-state index in [0.717, 1.165) is 36.8 Å². The number of esters is 3. The van der Waals surface area contributed by atoms with E-state index in [4.69, 9.17) is 23.7 Å². The van der Waals surface area contributed by atoms with Crippen LogP contribution in [0.2, 0.25) is 0 Å². The van der Waals surface area contributed by atoms with Crippen molar-refractivity contribution < 1.29 is 38.1 Å². The van der Waals surface area contributed by atoms with Gasteiger partial charge in [0.25, 0.3) is 0 Å². The maximum absolute atomic E-state index is 13.5. The molecule has 0 aliphatic rings. The normalized spacial score (nSPS) is 10.9. The highest BCUT2D eigenvalue weighted by Crippen LogP contribution is 2.34. The van der Waals surface area contributed by atoms with E-state index in [9.17, 15) is 14.4 Å². The van der Waals surface area contributed by atoms with Crippen LogP contribution in [0.1, 0.15) is 173 Å². The molecule has 0 amide bonds. The Kier molecular flexibility index (Phi) is 22.8. The summed E-state index contributed by atoms with van der Waals surface area (Å²) in [6.07, 6.45) is 25.3. The second kappa shape index (κ2) is 29.5. The molecule has 0 bridgehead atoms. The van der Waals surface area contributed by atoms with Crippen molar-refractivity contribution in [2.75, 3.05) is 13.2 Å². The van der Waals surface area contributed by atoms with Crippen LogP contribution >= 0.6 is 0 Å². The Morgan fingerprint density at radius 1 is 0.338 bits per heavy atom. The summed E-state index contributed by atoms with van der Waals surface area (Å²) in [7, 11) is 0. The van der Waals surface area contributed by atoms with Gasteiger partial charge in [-0.05, 0) is 109 Å². The third-order valence-corrected chi connectivity index (χ3v) is 11.5. The van der Waals surface area contributed by atoms with E-state index in [0.29, 0.717) is 35.8 Å². The molecule has 0 unspecified atom stereocenters. The first-order valence-electron chi connectivity index (χ1n) is 24.3. The SMILES string of the molecule is CCCCCCCCCCCCOc1ccc(C(=O)Oc2ccc(C(=O)Oc3cc(-c4ccccc4)ccc3OC(=O)c3ccc(OCCCCCCCCCCCC)cc3)cc2)cc1. The van der Waals surface area contributed by atoms with Crippen molar-refractivity contribution in [2.24, 2.45) is 0 Å². The second-order valence-electron chi connectivity index (χ2n) is 16.8. The number of benzene rings is 5. The van der Waals surface area contributed by atoms with Crippen LogP contribution in [-0.4, -0.2) is 31.1 Å². The number of hydrogen-bond acceptors (Lipinski definition) is 8. The van der Waals surface area contributed by atoms with E-state index in [2.05, 4.69) is 13.8 Å². The van der Waals surface area contributed by atoms with E-state index in [1.54, 1.807) is 60.7 Å². The lowest BCUT2D eigenvalue weighted by Crippen LogP contribution is -2.13. The molecule has 5 rings (SSSR count). The lowest BCUT2D eigenvalue weighted by atomic mass is 10.1. The lowest BCUT2D eigenvalue weighted by Gasteiger charge is -2.13. The number of ether oxygens (including phenoxy) is 5. The van der Waals surface area contributed by atoms with Crippen LogP contribution in [0.4, 0.5) is 0 Å². The van der Waals surface area contributed by atoms with Gasteiger partial charge in [0.1, 0.15) is 17.2 Å². The van der Waals surface area contributed by atoms with Crippen molar-refractivity contribution in [3.63, 3.8) is 0 Å². The zero-order valence-electron chi connectivity index (χ0n) is 38.9. The fourth-order valence-electron chi connectivity index (χ4n) is 7.56. The number of unbranched alkanes of at least 4 members (excludes halogenated alkanes) is 18. The molecule has 8 heteroatoms. The molecule has 5 aromatic rings. The molecule has 0 heterocycles. The highest BCUT2D eigenvalue weighted by atomic mass is 16.6. The topological polar surface area (TPSA) is 97.4 Å². The monoisotopic (exact) mass is 883 g/mol. The zero-order chi connectivity index (χ0) is 45.7. The molecule has 8 nitrogen and oxygen atoms in total. The highest BCUT2D eigenvalue weighted by Gasteiger charge is 2.19. The fraction of sp³-hybridized carbons (Fsp3) is 0.421. The van der Waals surface area contributed by atoms with E-state index in [1.807, 2.05) is 36.4 Å². The lowest BCUT2D eigenvalue weighted by molar-refractivity contribution is 0.0682. The standard InChI is InChI=1S/C57H70O8/c1-3-5-7-9-11-13-15-17-19-24-42-61-50-35-28-46(29-36-50)55(58)63-52-39-32-48(33-40-52)57(60)65-54-44-49(45-26-22-21-23-27-45)34-41-53(54)64-56(59)47-30-37-51(38-31-47)62-43-25-20-18-16-14-12-10-8-6-4-2/h21-23,26-41,44H,3-20,24-25,42-43H2,1-2H3. The van der Waals surface area contributed by atoms with Crippen LogP contribution in [0.25, 0.3) is 11.1 Å². The molecular weight excluding hydrogens is 813 g/mol. The summed E-state index contributed by atoms with van der Waals surface area (Å²) in [5.41, 5.74) is 2.59. The van der Waals surface area contributed by atoms with Crippen molar-refractivity contribution in [1.29, 1.82) is 0 Å². The van der Waals surface area contributed by atoms with Crippen molar-refractivity contribution in [3.05, 3.63) is 138 Å². The molecule has 0 radical (unpaired) electrons. The van der Waals surface area contributed by atoms with E-state index >= 15 is 0 Å². The summed E-state index contributed by atoms with van der Waals surface area (Å²) in [5.74, 6) is 0.0191. The Labute approximate surface area is 388 Å². The van der Waals surface area contributed by atoms with Crippen LogP contribution in [0.3, 0.4) is 0 Å². The molecule has 0 fully saturated rings. The van der Waals surface area contributed by atoms with Gasteiger partial charge in [-0.2, -0.15) is 0 Å². The van der Waals surface area contributed by atoms with Gasteiger partial charge in [-0.25, -0.2) is 14.4 Å². The number of carbonyl (C=O) groups is 3. The molecule has 0 saturated carbocycles. The molecule has 65 heavy (non-hydrogen) atoms. The van der Waals surface area contributed by atoms with Gasteiger partial charge in [-0.3, -0.25) is 0 Å². The van der Waals surface area contributed by atoms with E-state index < -0.39 is 17.9 Å². The van der Waals surface area contributed by atoms with Crippen molar-refractivity contribution in [1.82, 2.24) is 0 Å². The first-order chi connectivity index (χ1) is 31.9. The van der Waals surface area contributed by atoms with Gasteiger partial charge in [0.05, 0.1) is 29.9 Å². The molecule has 0 saturated heterocycles. The fourth-order valence-corrected chi connectivity index (χ4v) is 7.56. The molecular formula is C57H70O8. The largest absolute Gasteiger partial charge is 0.494 e. The highest BCUT2D eigenvalue weighted by molar-refractivity contribution is 5.94. The summed E-state index contributed by atoms with van der Waals surface area (Å²) < 4.78 is 29.1. The summed E-state index contributed by atoms with van der Waals surface area (Å²) in [4.78, 5) is 39.8. The Morgan fingerprint density at radius 2 is 0.708 bits per heavy atom. The van der Waals surface area contributed by atoms with Gasteiger partial charge >= 0.3 is 17.9 Å². The number of hydrogen-bond donors (Lipinski definition) is 0. The Balaban J connectivity index is 1.09. The summed E-state index contributed by atoms with van der Waals surface area (Å²) in [5, 5.41) is 0. The third kappa shape index (κ3) is 18.6. The Bertz CT molecular complexity index is 2110. The molecule has 346 valence electrons. The third-order valence-electron chi connectivity index (χ3n) is 11.5. The first kappa shape index (κ1) is 50.1. The molecule has 0 spiro atoms. The average molecular weight is 883 g/mol. The number of rotatable bonds is 31. The van der Waals surface area contributed by atoms with Gasteiger partial charge < -0.3 is 23.7 Å². The zero-order valence-corrected chi connectivity index (χ0v) is 38.9. The van der Waals surface area contributed by atoms with Crippen LogP contribution in [0.5, 0.6) is 28.7 Å².